The van der Waals surface area contributed by atoms with Crippen molar-refractivity contribution < 1.29 is 14.8 Å². The van der Waals surface area contributed by atoms with Crippen LogP contribution in [0.5, 0.6) is 0 Å². The predicted molar refractivity (Wildman–Crippen MR) is 73.1 cm³/mol. The van der Waals surface area contributed by atoms with Crippen LogP contribution in [0.25, 0.3) is 0 Å². The lowest BCUT2D eigenvalue weighted by atomic mass is 10.2. The normalized spacial score (nSPS) is 14.1. The zero-order valence-corrected chi connectivity index (χ0v) is 11.3. The van der Waals surface area contributed by atoms with Crippen molar-refractivity contribution >= 4 is 17.5 Å². The molecule has 0 aromatic carbocycles. The minimum Gasteiger partial charge on any atom is -0.478 e. The molecule has 20 heavy (non-hydrogen) atoms. The van der Waals surface area contributed by atoms with Crippen molar-refractivity contribution in [3.8, 4) is 0 Å². The van der Waals surface area contributed by atoms with Crippen LogP contribution < -0.4 is 4.90 Å². The van der Waals surface area contributed by atoms with Gasteiger partial charge in [-0.1, -0.05) is 13.3 Å². The van der Waals surface area contributed by atoms with Gasteiger partial charge in [-0.15, -0.1) is 0 Å². The summed E-state index contributed by atoms with van der Waals surface area (Å²) >= 11 is 0. The molecule has 108 valence electrons. The number of anilines is 1. The maximum Gasteiger partial charge on any atom is 0.339 e. The molecule has 1 saturated carbocycles. The lowest BCUT2D eigenvalue weighted by Crippen LogP contribution is -2.29. The van der Waals surface area contributed by atoms with Crippen LogP contribution in [0.15, 0.2) is 12.3 Å². The lowest BCUT2D eigenvalue weighted by molar-refractivity contribution is -0.385. The first-order valence-corrected chi connectivity index (χ1v) is 6.69. The molecule has 1 aliphatic carbocycles. The van der Waals surface area contributed by atoms with E-state index in [1.165, 1.54) is 0 Å². The number of nitro groups is 1. The molecule has 0 amide bonds. The van der Waals surface area contributed by atoms with Crippen LogP contribution >= 0.6 is 0 Å². The van der Waals surface area contributed by atoms with Crippen molar-refractivity contribution in [3.63, 3.8) is 0 Å². The van der Waals surface area contributed by atoms with Gasteiger partial charge in [0, 0.05) is 18.7 Å². The third-order valence-electron chi connectivity index (χ3n) is 3.31. The van der Waals surface area contributed by atoms with E-state index in [1.54, 1.807) is 0 Å². The number of hydrogen-bond acceptors (Lipinski definition) is 5. The Kier molecular flexibility index (Phi) is 4.16. The molecule has 0 saturated heterocycles. The Hall–Kier alpha value is -2.18. The van der Waals surface area contributed by atoms with Crippen LogP contribution in [0.2, 0.25) is 0 Å². The summed E-state index contributed by atoms with van der Waals surface area (Å²) in [5.74, 6) is -0.836. The number of carboxylic acid groups (broad SMARTS) is 1. The Bertz CT molecular complexity index is 528. The van der Waals surface area contributed by atoms with Crippen LogP contribution in [-0.4, -0.2) is 33.6 Å². The molecule has 2 rings (SSSR count). The molecule has 1 aliphatic rings. The first-order valence-electron chi connectivity index (χ1n) is 6.69. The second-order valence-corrected chi connectivity index (χ2v) is 4.91. The zero-order chi connectivity index (χ0) is 14.7. The van der Waals surface area contributed by atoms with E-state index in [-0.39, 0.29) is 11.3 Å². The summed E-state index contributed by atoms with van der Waals surface area (Å²) in [5.41, 5.74) is -0.389. The highest BCUT2D eigenvalue weighted by Gasteiger charge is 2.32. The third kappa shape index (κ3) is 3.04. The van der Waals surface area contributed by atoms with Gasteiger partial charge < -0.3 is 10.0 Å². The van der Waals surface area contributed by atoms with Crippen molar-refractivity contribution in [1.82, 2.24) is 4.98 Å². The number of carbonyl (C=O) groups is 1. The molecule has 7 nitrogen and oxygen atoms in total. The van der Waals surface area contributed by atoms with Crippen molar-refractivity contribution in [2.45, 2.75) is 38.6 Å². The summed E-state index contributed by atoms with van der Waals surface area (Å²) in [4.78, 5) is 27.4. The number of unbranched alkanes of at least 4 members (excludes halogenated alkanes) is 1. The second kappa shape index (κ2) is 5.85. The molecule has 1 aromatic heterocycles. The number of carboxylic acids is 1. The number of aromatic carboxylic acids is 1. The van der Waals surface area contributed by atoms with Crippen LogP contribution in [0, 0.1) is 10.1 Å². The molecule has 0 atom stereocenters. The minimum absolute atomic E-state index is 0.0952. The first kappa shape index (κ1) is 14.2. The number of pyridine rings is 1. The summed E-state index contributed by atoms with van der Waals surface area (Å²) in [5, 5.41) is 20.0. The summed E-state index contributed by atoms with van der Waals surface area (Å²) in [6.07, 6.45) is 5.10. The van der Waals surface area contributed by atoms with Gasteiger partial charge in [0.1, 0.15) is 17.6 Å². The molecular formula is C13H17N3O4. The Labute approximate surface area is 116 Å². The molecular weight excluding hydrogens is 262 g/mol. The number of hydrogen-bond donors (Lipinski definition) is 1. The van der Waals surface area contributed by atoms with E-state index in [1.807, 2.05) is 4.90 Å². The summed E-state index contributed by atoms with van der Waals surface area (Å²) in [7, 11) is 0. The average molecular weight is 279 g/mol. The summed E-state index contributed by atoms with van der Waals surface area (Å²) < 4.78 is 0. The molecule has 1 aromatic rings. The van der Waals surface area contributed by atoms with Crippen molar-refractivity contribution in [2.75, 3.05) is 11.4 Å². The minimum atomic E-state index is -1.18. The van der Waals surface area contributed by atoms with Crippen molar-refractivity contribution in [3.05, 3.63) is 27.9 Å². The van der Waals surface area contributed by atoms with E-state index >= 15 is 0 Å². The van der Waals surface area contributed by atoms with E-state index in [9.17, 15) is 20.0 Å². The van der Waals surface area contributed by atoms with Gasteiger partial charge in [-0.3, -0.25) is 10.1 Å². The molecule has 0 radical (unpaired) electrons. The van der Waals surface area contributed by atoms with E-state index in [0.29, 0.717) is 11.9 Å². The van der Waals surface area contributed by atoms with Gasteiger partial charge in [-0.05, 0) is 19.3 Å². The molecule has 1 N–H and O–H groups in total. The number of nitrogens with zero attached hydrogens (tertiary/aromatic N) is 3. The molecule has 0 aliphatic heterocycles. The second-order valence-electron chi connectivity index (χ2n) is 4.91. The molecule has 1 heterocycles. The monoisotopic (exact) mass is 279 g/mol. The van der Waals surface area contributed by atoms with Gasteiger partial charge in [0.2, 0.25) is 0 Å². The maximum atomic E-state index is 11.3. The third-order valence-corrected chi connectivity index (χ3v) is 3.31. The fourth-order valence-electron chi connectivity index (χ4n) is 2.11. The molecule has 1 fully saturated rings. The Morgan fingerprint density at radius 3 is 2.80 bits per heavy atom. The molecule has 0 unspecified atom stereocenters. The smallest absolute Gasteiger partial charge is 0.339 e. The fraction of sp³-hybridized carbons (Fsp3) is 0.538. The van der Waals surface area contributed by atoms with Crippen LogP contribution in [-0.2, 0) is 0 Å². The van der Waals surface area contributed by atoms with E-state index in [0.717, 1.165) is 44.5 Å². The van der Waals surface area contributed by atoms with Crippen LogP contribution in [0.3, 0.4) is 0 Å². The highest BCUT2D eigenvalue weighted by atomic mass is 16.6. The lowest BCUT2D eigenvalue weighted by Gasteiger charge is -2.24. The quantitative estimate of drug-likeness (QED) is 0.608. The highest BCUT2D eigenvalue weighted by Crippen LogP contribution is 2.33. The van der Waals surface area contributed by atoms with Gasteiger partial charge in [-0.2, -0.15) is 0 Å². The predicted octanol–water partition coefficient (Wildman–Crippen LogP) is 2.46. The Balaban J connectivity index is 2.37. The van der Waals surface area contributed by atoms with Gasteiger partial charge in [0.15, 0.2) is 0 Å². The van der Waals surface area contributed by atoms with E-state index in [4.69, 9.17) is 0 Å². The van der Waals surface area contributed by atoms with Crippen molar-refractivity contribution in [2.24, 2.45) is 0 Å². The van der Waals surface area contributed by atoms with E-state index in [2.05, 4.69) is 11.9 Å². The molecule has 7 heteroatoms. The molecule has 0 spiro atoms. The standard InChI is InChI=1S/C13H17N3O4/c1-2-3-6-15(9-4-5-9)12-11(13(17)18)7-10(8-14-12)16(19)20/h7-9H,2-6H2,1H3,(H,17,18). The van der Waals surface area contributed by atoms with Crippen LogP contribution in [0.4, 0.5) is 11.5 Å². The SMILES string of the molecule is CCCCN(c1ncc([N+](=O)[O-])cc1C(=O)O)C1CC1. The number of rotatable bonds is 7. The first-order chi connectivity index (χ1) is 9.54. The van der Waals surface area contributed by atoms with Crippen LogP contribution in [0.1, 0.15) is 43.0 Å². The summed E-state index contributed by atoms with van der Waals surface area (Å²) in [6.45, 7) is 2.79. The maximum absolute atomic E-state index is 11.3. The summed E-state index contributed by atoms with van der Waals surface area (Å²) in [6, 6.07) is 1.40. The number of aromatic nitrogens is 1. The van der Waals surface area contributed by atoms with Crippen molar-refractivity contribution in [1.29, 1.82) is 0 Å². The van der Waals surface area contributed by atoms with Gasteiger partial charge in [0.05, 0.1) is 4.92 Å². The largest absolute Gasteiger partial charge is 0.478 e. The van der Waals surface area contributed by atoms with Gasteiger partial charge in [0.25, 0.3) is 5.69 Å². The van der Waals surface area contributed by atoms with Gasteiger partial charge in [-0.25, -0.2) is 9.78 Å². The zero-order valence-electron chi connectivity index (χ0n) is 11.3. The fourth-order valence-corrected chi connectivity index (χ4v) is 2.11. The average Bonchev–Trinajstić information content (AvgIpc) is 3.23. The Morgan fingerprint density at radius 2 is 2.30 bits per heavy atom. The topological polar surface area (TPSA) is 96.6 Å². The van der Waals surface area contributed by atoms with Gasteiger partial charge >= 0.3 is 5.97 Å². The Morgan fingerprint density at radius 1 is 1.60 bits per heavy atom. The van der Waals surface area contributed by atoms with E-state index < -0.39 is 10.9 Å². The highest BCUT2D eigenvalue weighted by molar-refractivity contribution is 5.94. The molecule has 0 bridgehead atoms.